The number of aliphatic carboxylic acids is 1. The minimum Gasteiger partial charge on any atom is -0.480 e. The number of hydrogen-bond donors (Lipinski definition) is 2. The molecule has 106 valence electrons. The lowest BCUT2D eigenvalue weighted by Gasteiger charge is -2.38. The summed E-state index contributed by atoms with van der Waals surface area (Å²) in [7, 11) is 0. The molecule has 0 spiro atoms. The van der Waals surface area contributed by atoms with Crippen LogP contribution in [0.2, 0.25) is 0 Å². The first kappa shape index (κ1) is 12.9. The van der Waals surface area contributed by atoms with Gasteiger partial charge in [0.1, 0.15) is 5.41 Å². The number of carbonyl (C=O) groups excluding carboxylic acids is 1. The second kappa shape index (κ2) is 4.50. The topological polar surface area (TPSA) is 66.4 Å². The molecule has 4 unspecified atom stereocenters. The van der Waals surface area contributed by atoms with Gasteiger partial charge in [0.15, 0.2) is 0 Å². The minimum absolute atomic E-state index is 0.125. The molecule has 3 saturated carbocycles. The fraction of sp³-hybridized carbons (Fsp3) is 0.867. The van der Waals surface area contributed by atoms with Crippen molar-refractivity contribution in [2.75, 3.05) is 0 Å². The summed E-state index contributed by atoms with van der Waals surface area (Å²) in [5.74, 6) is 0.973. The molecule has 3 aliphatic rings. The average Bonchev–Trinajstić information content (AvgIpc) is 2.87. The molecule has 3 rings (SSSR count). The van der Waals surface area contributed by atoms with E-state index in [1.165, 1.54) is 25.7 Å². The highest BCUT2D eigenvalue weighted by molar-refractivity contribution is 6.02. The van der Waals surface area contributed by atoms with Crippen LogP contribution < -0.4 is 5.32 Å². The fourth-order valence-electron chi connectivity index (χ4n) is 4.43. The molecule has 0 aromatic carbocycles. The predicted octanol–water partition coefficient (Wildman–Crippen LogP) is 2.18. The van der Waals surface area contributed by atoms with Crippen molar-refractivity contribution in [1.29, 1.82) is 0 Å². The fourth-order valence-corrected chi connectivity index (χ4v) is 4.43. The maximum atomic E-state index is 12.3. The summed E-state index contributed by atoms with van der Waals surface area (Å²) in [4.78, 5) is 23.6. The second-order valence-corrected chi connectivity index (χ2v) is 6.84. The lowest BCUT2D eigenvalue weighted by Crippen LogP contribution is -2.54. The molecule has 0 heterocycles. The number of nitrogens with one attached hydrogen (secondary N) is 1. The van der Waals surface area contributed by atoms with Gasteiger partial charge in [0.05, 0.1) is 0 Å². The summed E-state index contributed by atoms with van der Waals surface area (Å²) in [5, 5.41) is 12.3. The standard InChI is InChI=1S/C15H23NO3/c1-9(12-8-10-3-4-11(12)7-10)16-13(17)15(14(18)19)5-2-6-15/h9-12H,2-8H2,1H3,(H,16,17)(H,18,19). The van der Waals surface area contributed by atoms with Crippen molar-refractivity contribution in [3.05, 3.63) is 0 Å². The summed E-state index contributed by atoms with van der Waals surface area (Å²) in [6, 6.07) is 0.125. The maximum Gasteiger partial charge on any atom is 0.319 e. The van der Waals surface area contributed by atoms with E-state index < -0.39 is 11.4 Å². The highest BCUT2D eigenvalue weighted by Crippen LogP contribution is 2.50. The molecule has 4 nitrogen and oxygen atoms in total. The van der Waals surface area contributed by atoms with Crippen LogP contribution >= 0.6 is 0 Å². The first-order chi connectivity index (χ1) is 9.03. The number of carboxylic acids is 1. The van der Waals surface area contributed by atoms with Crippen molar-refractivity contribution >= 4 is 11.9 Å². The van der Waals surface area contributed by atoms with Crippen molar-refractivity contribution < 1.29 is 14.7 Å². The van der Waals surface area contributed by atoms with E-state index in [4.69, 9.17) is 0 Å². The Bertz CT molecular complexity index is 402. The van der Waals surface area contributed by atoms with E-state index in [1.54, 1.807) is 0 Å². The van der Waals surface area contributed by atoms with Gasteiger partial charge < -0.3 is 10.4 Å². The monoisotopic (exact) mass is 265 g/mol. The van der Waals surface area contributed by atoms with Crippen LogP contribution in [0.3, 0.4) is 0 Å². The maximum absolute atomic E-state index is 12.3. The number of hydrogen-bond acceptors (Lipinski definition) is 2. The zero-order valence-corrected chi connectivity index (χ0v) is 11.5. The third kappa shape index (κ3) is 1.96. The van der Waals surface area contributed by atoms with Gasteiger partial charge in [-0.05, 0) is 56.8 Å². The summed E-state index contributed by atoms with van der Waals surface area (Å²) in [6.07, 6.45) is 7.01. The van der Waals surface area contributed by atoms with Gasteiger partial charge in [0.25, 0.3) is 0 Å². The highest BCUT2D eigenvalue weighted by Gasteiger charge is 2.52. The van der Waals surface area contributed by atoms with Gasteiger partial charge in [-0.3, -0.25) is 9.59 Å². The Balaban J connectivity index is 1.62. The third-order valence-corrected chi connectivity index (χ3v) is 5.84. The zero-order chi connectivity index (χ0) is 13.6. The lowest BCUT2D eigenvalue weighted by atomic mass is 9.68. The summed E-state index contributed by atoms with van der Waals surface area (Å²) < 4.78 is 0. The number of rotatable bonds is 4. The van der Waals surface area contributed by atoms with Crippen molar-refractivity contribution in [3.63, 3.8) is 0 Å². The predicted molar refractivity (Wildman–Crippen MR) is 70.5 cm³/mol. The van der Waals surface area contributed by atoms with E-state index >= 15 is 0 Å². The molecule has 0 aromatic rings. The first-order valence-corrected chi connectivity index (χ1v) is 7.57. The molecule has 1 amide bonds. The number of amides is 1. The molecule has 0 saturated heterocycles. The Morgan fingerprint density at radius 3 is 2.42 bits per heavy atom. The van der Waals surface area contributed by atoms with Crippen LogP contribution in [0.4, 0.5) is 0 Å². The second-order valence-electron chi connectivity index (χ2n) is 6.84. The molecule has 3 fully saturated rings. The molecular formula is C15H23NO3. The molecule has 3 aliphatic carbocycles. The molecule has 0 aromatic heterocycles. The smallest absolute Gasteiger partial charge is 0.319 e. The summed E-state index contributed by atoms with van der Waals surface area (Å²) in [5.41, 5.74) is -1.12. The van der Waals surface area contributed by atoms with Gasteiger partial charge in [-0.2, -0.15) is 0 Å². The molecule has 0 aliphatic heterocycles. The van der Waals surface area contributed by atoms with Gasteiger partial charge in [0.2, 0.25) is 5.91 Å². The summed E-state index contributed by atoms with van der Waals surface area (Å²) >= 11 is 0. The first-order valence-electron chi connectivity index (χ1n) is 7.57. The Morgan fingerprint density at radius 1 is 1.26 bits per heavy atom. The lowest BCUT2D eigenvalue weighted by molar-refractivity contribution is -0.162. The van der Waals surface area contributed by atoms with Crippen LogP contribution in [0.1, 0.15) is 51.9 Å². The van der Waals surface area contributed by atoms with Crippen LogP contribution in [0.15, 0.2) is 0 Å². The largest absolute Gasteiger partial charge is 0.480 e. The Kier molecular flexibility index (Phi) is 3.06. The van der Waals surface area contributed by atoms with Crippen LogP contribution in [-0.4, -0.2) is 23.0 Å². The quantitative estimate of drug-likeness (QED) is 0.766. The molecule has 2 bridgehead atoms. The van der Waals surface area contributed by atoms with E-state index in [0.717, 1.165) is 18.3 Å². The molecule has 2 N–H and O–H groups in total. The zero-order valence-electron chi connectivity index (χ0n) is 11.5. The normalized spacial score (nSPS) is 36.6. The average molecular weight is 265 g/mol. The molecular weight excluding hydrogens is 242 g/mol. The van der Waals surface area contributed by atoms with E-state index in [-0.39, 0.29) is 11.9 Å². The highest BCUT2D eigenvalue weighted by atomic mass is 16.4. The van der Waals surface area contributed by atoms with E-state index in [1.807, 2.05) is 0 Å². The van der Waals surface area contributed by atoms with Gasteiger partial charge in [-0.15, -0.1) is 0 Å². The number of fused-ring (bicyclic) bond motifs is 2. The molecule has 19 heavy (non-hydrogen) atoms. The van der Waals surface area contributed by atoms with Crippen LogP contribution in [0.5, 0.6) is 0 Å². The SMILES string of the molecule is CC(NC(=O)C1(C(=O)O)CCC1)C1CC2CCC1C2. The van der Waals surface area contributed by atoms with E-state index in [2.05, 4.69) is 12.2 Å². The van der Waals surface area contributed by atoms with E-state index in [0.29, 0.717) is 18.8 Å². The minimum atomic E-state index is -1.12. The van der Waals surface area contributed by atoms with Crippen molar-refractivity contribution in [1.82, 2.24) is 5.32 Å². The van der Waals surface area contributed by atoms with Gasteiger partial charge in [-0.1, -0.05) is 12.8 Å². The van der Waals surface area contributed by atoms with Crippen molar-refractivity contribution in [3.8, 4) is 0 Å². The van der Waals surface area contributed by atoms with Crippen LogP contribution in [0.25, 0.3) is 0 Å². The van der Waals surface area contributed by atoms with E-state index in [9.17, 15) is 14.7 Å². The van der Waals surface area contributed by atoms with Crippen LogP contribution in [-0.2, 0) is 9.59 Å². The third-order valence-electron chi connectivity index (χ3n) is 5.84. The van der Waals surface area contributed by atoms with Gasteiger partial charge in [0, 0.05) is 6.04 Å². The van der Waals surface area contributed by atoms with Gasteiger partial charge >= 0.3 is 5.97 Å². The van der Waals surface area contributed by atoms with Crippen molar-refractivity contribution in [2.45, 2.75) is 57.9 Å². The van der Waals surface area contributed by atoms with Crippen molar-refractivity contribution in [2.24, 2.45) is 23.2 Å². The summed E-state index contributed by atoms with van der Waals surface area (Å²) in [6.45, 7) is 2.05. The number of carbonyl (C=O) groups is 2. The Hall–Kier alpha value is -1.06. The Morgan fingerprint density at radius 2 is 2.00 bits per heavy atom. The van der Waals surface area contributed by atoms with Crippen LogP contribution in [0, 0.1) is 23.2 Å². The van der Waals surface area contributed by atoms with Gasteiger partial charge in [-0.25, -0.2) is 0 Å². The molecule has 4 heteroatoms. The molecule has 4 atom stereocenters. The molecule has 0 radical (unpaired) electrons. The number of carboxylic acid groups (broad SMARTS) is 1. The Labute approximate surface area is 113 Å².